The molecule has 2 aromatic heterocycles. The van der Waals surface area contributed by atoms with Crippen LogP contribution in [-0.2, 0) is 11.3 Å². The van der Waals surface area contributed by atoms with Crippen LogP contribution in [0.15, 0.2) is 44.3 Å². The topological polar surface area (TPSA) is 86.0 Å². The highest BCUT2D eigenvalue weighted by atomic mass is 32.2. The number of aromatic nitrogens is 3. The van der Waals surface area contributed by atoms with Gasteiger partial charge in [-0.25, -0.2) is 14.3 Å². The molecule has 0 aliphatic heterocycles. The van der Waals surface area contributed by atoms with E-state index in [1.807, 2.05) is 12.3 Å². The van der Waals surface area contributed by atoms with Crippen molar-refractivity contribution < 1.29 is 4.79 Å². The van der Waals surface area contributed by atoms with Crippen molar-refractivity contribution in [3.8, 4) is 5.69 Å². The zero-order valence-corrected chi connectivity index (χ0v) is 17.7. The summed E-state index contributed by atoms with van der Waals surface area (Å²) in [5, 5.41) is 3.04. The Balaban J connectivity index is 1.79. The van der Waals surface area contributed by atoms with Crippen LogP contribution in [0.3, 0.4) is 0 Å². The summed E-state index contributed by atoms with van der Waals surface area (Å²) in [5.41, 5.74) is -0.200. The van der Waals surface area contributed by atoms with E-state index in [1.54, 1.807) is 24.3 Å². The molecule has 0 spiro atoms. The van der Waals surface area contributed by atoms with Gasteiger partial charge in [0.05, 0.1) is 5.69 Å². The van der Waals surface area contributed by atoms with Crippen molar-refractivity contribution in [2.24, 2.45) is 0 Å². The van der Waals surface area contributed by atoms with Crippen LogP contribution in [0.1, 0.15) is 32.1 Å². The smallest absolute Gasteiger partial charge is 0.337 e. The van der Waals surface area contributed by atoms with Crippen LogP contribution < -0.4 is 16.6 Å². The lowest BCUT2D eigenvalue weighted by molar-refractivity contribution is -0.122. The number of carbonyl (C=O) groups is 1. The lowest BCUT2D eigenvalue weighted by Crippen LogP contribution is -2.43. The number of para-hydroxylation sites is 1. The molecule has 0 radical (unpaired) electrons. The van der Waals surface area contributed by atoms with Gasteiger partial charge >= 0.3 is 5.69 Å². The van der Waals surface area contributed by atoms with Gasteiger partial charge in [-0.3, -0.25) is 14.2 Å². The van der Waals surface area contributed by atoms with E-state index in [1.165, 1.54) is 34.1 Å². The summed E-state index contributed by atoms with van der Waals surface area (Å²) < 4.78 is 3.50. The maximum atomic E-state index is 13.2. The number of thiazole rings is 1. The third-order valence-electron chi connectivity index (χ3n) is 5.13. The summed E-state index contributed by atoms with van der Waals surface area (Å²) in [7, 11) is 0. The molecule has 7 nitrogen and oxygen atoms in total. The van der Waals surface area contributed by atoms with Crippen LogP contribution in [-0.4, -0.2) is 32.3 Å². The number of amides is 1. The normalized spacial score (nSPS) is 14.9. The Kier molecular flexibility index (Phi) is 5.86. The molecular formula is C20H22N4O3S2. The van der Waals surface area contributed by atoms with E-state index in [9.17, 15) is 14.4 Å². The van der Waals surface area contributed by atoms with Gasteiger partial charge in [0.2, 0.25) is 5.91 Å². The summed E-state index contributed by atoms with van der Waals surface area (Å²) >= 11 is 2.66. The highest BCUT2D eigenvalue weighted by Gasteiger charge is 2.22. The zero-order valence-electron chi connectivity index (χ0n) is 16.1. The minimum atomic E-state index is -0.551. The third kappa shape index (κ3) is 4.02. The fraction of sp³-hybridized carbons (Fsp3) is 0.400. The van der Waals surface area contributed by atoms with Gasteiger partial charge < -0.3 is 5.32 Å². The molecule has 0 unspecified atom stereocenters. The van der Waals surface area contributed by atoms with E-state index in [4.69, 9.17) is 0 Å². The molecular weight excluding hydrogens is 408 g/mol. The lowest BCUT2D eigenvalue weighted by atomic mass is 9.95. The Morgan fingerprint density at radius 3 is 2.62 bits per heavy atom. The number of benzene rings is 1. The molecule has 152 valence electrons. The zero-order chi connectivity index (χ0) is 20.4. The fourth-order valence-electron chi connectivity index (χ4n) is 3.71. The average molecular weight is 431 g/mol. The fourth-order valence-corrected chi connectivity index (χ4v) is 5.21. The van der Waals surface area contributed by atoms with Crippen molar-refractivity contribution in [2.75, 3.05) is 6.26 Å². The van der Waals surface area contributed by atoms with Crippen LogP contribution in [0.4, 0.5) is 0 Å². The van der Waals surface area contributed by atoms with Gasteiger partial charge in [-0.15, -0.1) is 11.3 Å². The second-order valence-electron chi connectivity index (χ2n) is 7.08. The first-order valence-corrected chi connectivity index (χ1v) is 11.7. The molecule has 3 aromatic rings. The van der Waals surface area contributed by atoms with Crippen LogP contribution in [0.2, 0.25) is 0 Å². The highest BCUT2D eigenvalue weighted by Crippen LogP contribution is 2.25. The lowest BCUT2D eigenvalue weighted by Gasteiger charge is -2.23. The Bertz CT molecular complexity index is 1140. The molecule has 29 heavy (non-hydrogen) atoms. The molecule has 1 aliphatic rings. The van der Waals surface area contributed by atoms with E-state index >= 15 is 0 Å². The first kappa shape index (κ1) is 19.9. The number of fused-ring (bicyclic) bond motifs is 1. The van der Waals surface area contributed by atoms with Gasteiger partial charge in [-0.2, -0.15) is 0 Å². The molecule has 1 aromatic carbocycles. The molecule has 1 N–H and O–H groups in total. The number of hydrogen-bond acceptors (Lipinski definition) is 6. The first-order chi connectivity index (χ1) is 14.1. The quantitative estimate of drug-likeness (QED) is 0.629. The van der Waals surface area contributed by atoms with E-state index in [0.717, 1.165) is 30.3 Å². The van der Waals surface area contributed by atoms with E-state index in [2.05, 4.69) is 10.3 Å². The monoisotopic (exact) mass is 430 g/mol. The minimum Gasteiger partial charge on any atom is -0.352 e. The highest BCUT2D eigenvalue weighted by molar-refractivity contribution is 8.00. The summed E-state index contributed by atoms with van der Waals surface area (Å²) in [6.07, 6.45) is 7.21. The molecule has 0 atom stereocenters. The number of carbonyl (C=O) groups excluding carboxylic acids is 1. The largest absolute Gasteiger partial charge is 0.352 e. The van der Waals surface area contributed by atoms with Gasteiger partial charge in [0.25, 0.3) is 5.56 Å². The predicted molar refractivity (Wildman–Crippen MR) is 116 cm³/mol. The number of nitrogens with one attached hydrogen (secondary N) is 1. The number of thioether (sulfide) groups is 1. The first-order valence-electron chi connectivity index (χ1n) is 9.63. The third-order valence-corrected chi connectivity index (χ3v) is 7.14. The summed E-state index contributed by atoms with van der Waals surface area (Å²) in [6, 6.07) is 8.92. The van der Waals surface area contributed by atoms with Crippen molar-refractivity contribution in [3.63, 3.8) is 0 Å². The van der Waals surface area contributed by atoms with Crippen molar-refractivity contribution in [2.45, 2.75) is 49.0 Å². The second-order valence-corrected chi connectivity index (χ2v) is 9.14. The summed E-state index contributed by atoms with van der Waals surface area (Å²) in [5.74, 6) is -0.225. The van der Waals surface area contributed by atoms with Crippen molar-refractivity contribution in [1.82, 2.24) is 19.4 Å². The maximum Gasteiger partial charge on any atom is 0.337 e. The van der Waals surface area contributed by atoms with Crippen molar-refractivity contribution >= 4 is 39.4 Å². The standard InChI is InChI=1S/C20H22N4O3S2/c1-28-19-22-17-16(29-19)18(26)24(14-10-6-3-7-11-14)20(27)23(17)12-15(25)21-13-8-4-2-5-9-13/h3,6-7,10-11,13H,2,4-5,8-9,12H2,1H3,(H,21,25). The molecule has 4 rings (SSSR count). The number of hydrogen-bond donors (Lipinski definition) is 1. The van der Waals surface area contributed by atoms with Gasteiger partial charge in [0, 0.05) is 6.04 Å². The van der Waals surface area contributed by atoms with Crippen molar-refractivity contribution in [1.29, 1.82) is 0 Å². The number of nitrogens with zero attached hydrogens (tertiary/aromatic N) is 3. The van der Waals surface area contributed by atoms with Crippen molar-refractivity contribution in [3.05, 3.63) is 51.2 Å². The molecule has 0 saturated heterocycles. The van der Waals surface area contributed by atoms with Gasteiger partial charge in [-0.05, 0) is 31.2 Å². The van der Waals surface area contributed by atoms with Crippen LogP contribution in [0.5, 0.6) is 0 Å². The number of rotatable bonds is 5. The molecule has 1 aliphatic carbocycles. The Morgan fingerprint density at radius 1 is 1.21 bits per heavy atom. The molecule has 2 heterocycles. The average Bonchev–Trinajstić information content (AvgIpc) is 3.18. The predicted octanol–water partition coefficient (Wildman–Crippen LogP) is 2.78. The molecule has 9 heteroatoms. The molecule has 1 saturated carbocycles. The second kappa shape index (κ2) is 8.54. The van der Waals surface area contributed by atoms with Gasteiger partial charge in [0.1, 0.15) is 11.2 Å². The van der Waals surface area contributed by atoms with Crippen LogP contribution >= 0.6 is 23.1 Å². The summed E-state index contributed by atoms with van der Waals surface area (Å²) in [4.78, 5) is 43.4. The molecule has 0 bridgehead atoms. The SMILES string of the molecule is CSc1nc2c(s1)c(=O)n(-c1ccccc1)c(=O)n2CC(=O)NC1CCCCC1. The maximum absolute atomic E-state index is 13.2. The van der Waals surface area contributed by atoms with Crippen LogP contribution in [0.25, 0.3) is 16.0 Å². The van der Waals surface area contributed by atoms with Crippen LogP contribution in [0, 0.1) is 0 Å². The minimum absolute atomic E-state index is 0.152. The molecule has 1 amide bonds. The Labute approximate surface area is 175 Å². The molecule has 1 fully saturated rings. The Morgan fingerprint density at radius 2 is 1.93 bits per heavy atom. The van der Waals surface area contributed by atoms with E-state index in [-0.39, 0.29) is 24.1 Å². The summed E-state index contributed by atoms with van der Waals surface area (Å²) in [6.45, 7) is -0.156. The Hall–Kier alpha value is -2.39. The van der Waals surface area contributed by atoms with Gasteiger partial charge in [-0.1, -0.05) is 49.2 Å². The van der Waals surface area contributed by atoms with E-state index < -0.39 is 11.2 Å². The van der Waals surface area contributed by atoms with E-state index in [0.29, 0.717) is 14.7 Å². The van der Waals surface area contributed by atoms with Gasteiger partial charge in [0.15, 0.2) is 9.99 Å².